The number of nitrogens with one attached hydrogen (secondary N) is 1. The van der Waals surface area contributed by atoms with Crippen LogP contribution >= 0.6 is 0 Å². The van der Waals surface area contributed by atoms with Gasteiger partial charge in [-0.1, -0.05) is 18.2 Å². The third kappa shape index (κ3) is 4.25. The maximum absolute atomic E-state index is 12.9. The second kappa shape index (κ2) is 7.75. The van der Waals surface area contributed by atoms with Crippen LogP contribution in [0.15, 0.2) is 54.7 Å². The predicted molar refractivity (Wildman–Crippen MR) is 101 cm³/mol. The van der Waals surface area contributed by atoms with Crippen LogP contribution in [-0.4, -0.2) is 51.6 Å². The van der Waals surface area contributed by atoms with Crippen molar-refractivity contribution in [1.82, 2.24) is 24.7 Å². The summed E-state index contributed by atoms with van der Waals surface area (Å²) < 4.78 is 14.8. The SMILES string of the molecule is O=C(NCc1ccc(F)cc1)N1CCN(Cc2cc3ccccn3n2)CC1. The van der Waals surface area contributed by atoms with Gasteiger partial charge in [0.25, 0.3) is 0 Å². The van der Waals surface area contributed by atoms with Crippen molar-refractivity contribution in [2.75, 3.05) is 26.2 Å². The van der Waals surface area contributed by atoms with Gasteiger partial charge in [-0.05, 0) is 35.9 Å². The number of amides is 2. The Bertz CT molecular complexity index is 883. The highest BCUT2D eigenvalue weighted by Gasteiger charge is 2.21. The molecule has 27 heavy (non-hydrogen) atoms. The number of benzene rings is 1. The van der Waals surface area contributed by atoms with Crippen LogP contribution in [0.1, 0.15) is 11.3 Å². The van der Waals surface area contributed by atoms with Crippen molar-refractivity contribution in [3.63, 3.8) is 0 Å². The van der Waals surface area contributed by atoms with Crippen molar-refractivity contribution in [3.8, 4) is 0 Å². The Kier molecular flexibility index (Phi) is 5.02. The third-order valence-electron chi connectivity index (χ3n) is 4.82. The van der Waals surface area contributed by atoms with Gasteiger partial charge < -0.3 is 10.2 Å². The Morgan fingerprint density at radius 3 is 2.59 bits per heavy atom. The number of carbonyl (C=O) groups excluding carboxylic acids is 1. The minimum Gasteiger partial charge on any atom is -0.334 e. The molecule has 7 heteroatoms. The lowest BCUT2D eigenvalue weighted by atomic mass is 10.2. The normalized spacial score (nSPS) is 15.2. The molecule has 0 spiro atoms. The number of fused-ring (bicyclic) bond motifs is 1. The van der Waals surface area contributed by atoms with Crippen molar-refractivity contribution in [3.05, 3.63) is 71.8 Å². The second-order valence-corrected chi connectivity index (χ2v) is 6.75. The summed E-state index contributed by atoms with van der Waals surface area (Å²) in [6, 6.07) is 14.2. The van der Waals surface area contributed by atoms with Crippen LogP contribution < -0.4 is 5.32 Å². The molecular formula is C20H22FN5O. The van der Waals surface area contributed by atoms with Crippen molar-refractivity contribution >= 4 is 11.5 Å². The molecule has 0 bridgehead atoms. The zero-order chi connectivity index (χ0) is 18.6. The molecule has 4 rings (SSSR count). The van der Waals surface area contributed by atoms with E-state index in [2.05, 4.69) is 21.4 Å². The smallest absolute Gasteiger partial charge is 0.317 e. The van der Waals surface area contributed by atoms with Crippen LogP contribution in [0.2, 0.25) is 0 Å². The molecule has 2 aromatic heterocycles. The van der Waals surface area contributed by atoms with E-state index < -0.39 is 0 Å². The minimum atomic E-state index is -0.271. The first kappa shape index (κ1) is 17.5. The number of urea groups is 1. The molecule has 1 fully saturated rings. The molecule has 0 aliphatic carbocycles. The molecule has 0 unspecified atom stereocenters. The molecule has 0 saturated carbocycles. The van der Waals surface area contributed by atoms with Gasteiger partial charge in [0, 0.05) is 45.5 Å². The molecule has 1 aliphatic rings. The summed E-state index contributed by atoms with van der Waals surface area (Å²) in [7, 11) is 0. The highest BCUT2D eigenvalue weighted by atomic mass is 19.1. The van der Waals surface area contributed by atoms with Crippen LogP contribution in [0.4, 0.5) is 9.18 Å². The van der Waals surface area contributed by atoms with Crippen LogP contribution in [-0.2, 0) is 13.1 Å². The lowest BCUT2D eigenvalue weighted by molar-refractivity contribution is 0.134. The molecule has 2 amide bonds. The predicted octanol–water partition coefficient (Wildman–Crippen LogP) is 2.50. The van der Waals surface area contributed by atoms with Crippen molar-refractivity contribution in [2.24, 2.45) is 0 Å². The van der Waals surface area contributed by atoms with Crippen LogP contribution in [0.5, 0.6) is 0 Å². The Labute approximate surface area is 157 Å². The van der Waals surface area contributed by atoms with Crippen LogP contribution in [0.25, 0.3) is 5.52 Å². The first-order chi connectivity index (χ1) is 13.2. The summed E-state index contributed by atoms with van der Waals surface area (Å²) in [6.07, 6.45) is 1.95. The number of halogens is 1. The number of aromatic nitrogens is 2. The molecule has 0 radical (unpaired) electrons. The molecule has 6 nitrogen and oxygen atoms in total. The van der Waals surface area contributed by atoms with E-state index in [0.717, 1.165) is 36.4 Å². The topological polar surface area (TPSA) is 52.9 Å². The Morgan fingerprint density at radius 1 is 1.07 bits per heavy atom. The summed E-state index contributed by atoms with van der Waals surface area (Å²) in [5.41, 5.74) is 3.01. The lowest BCUT2D eigenvalue weighted by Gasteiger charge is -2.34. The fourth-order valence-electron chi connectivity index (χ4n) is 3.30. The van der Waals surface area contributed by atoms with E-state index in [4.69, 9.17) is 0 Å². The summed E-state index contributed by atoms with van der Waals surface area (Å²) in [5, 5.41) is 7.49. The quantitative estimate of drug-likeness (QED) is 0.771. The summed E-state index contributed by atoms with van der Waals surface area (Å²) in [6.45, 7) is 4.19. The molecule has 1 N–H and O–H groups in total. The maximum atomic E-state index is 12.9. The molecule has 1 aromatic carbocycles. The standard InChI is InChI=1S/C20H22FN5O/c21-17-6-4-16(5-7-17)14-22-20(27)25-11-9-24(10-12-25)15-18-13-19-3-1-2-8-26(19)23-18/h1-8,13H,9-12,14-15H2,(H,22,27). The first-order valence-corrected chi connectivity index (χ1v) is 9.10. The molecule has 140 valence electrons. The average Bonchev–Trinajstić information content (AvgIpc) is 3.10. The van der Waals surface area contributed by atoms with E-state index in [1.54, 1.807) is 12.1 Å². The number of carbonyl (C=O) groups is 1. The number of pyridine rings is 1. The van der Waals surface area contributed by atoms with E-state index >= 15 is 0 Å². The van der Waals surface area contributed by atoms with E-state index in [-0.39, 0.29) is 11.8 Å². The number of hydrogen-bond acceptors (Lipinski definition) is 3. The molecule has 1 aliphatic heterocycles. The minimum absolute atomic E-state index is 0.0771. The molecule has 3 aromatic rings. The third-order valence-corrected chi connectivity index (χ3v) is 4.82. The number of hydrogen-bond donors (Lipinski definition) is 1. The van der Waals surface area contributed by atoms with Gasteiger partial charge in [-0.25, -0.2) is 13.7 Å². The van der Waals surface area contributed by atoms with Gasteiger partial charge in [-0.3, -0.25) is 4.90 Å². The van der Waals surface area contributed by atoms with Crippen molar-refractivity contribution in [1.29, 1.82) is 0 Å². The number of piperazine rings is 1. The van der Waals surface area contributed by atoms with E-state index in [1.807, 2.05) is 33.8 Å². The summed E-state index contributed by atoms with van der Waals surface area (Å²) in [5.74, 6) is -0.271. The Hall–Kier alpha value is -2.93. The Balaban J connectivity index is 1.25. The van der Waals surface area contributed by atoms with E-state index in [9.17, 15) is 9.18 Å². The van der Waals surface area contributed by atoms with Crippen LogP contribution in [0, 0.1) is 5.82 Å². The van der Waals surface area contributed by atoms with Gasteiger partial charge in [0.2, 0.25) is 0 Å². The van der Waals surface area contributed by atoms with Gasteiger partial charge in [-0.2, -0.15) is 5.10 Å². The van der Waals surface area contributed by atoms with Gasteiger partial charge in [0.15, 0.2) is 0 Å². The van der Waals surface area contributed by atoms with Gasteiger partial charge in [-0.15, -0.1) is 0 Å². The zero-order valence-corrected chi connectivity index (χ0v) is 15.0. The highest BCUT2D eigenvalue weighted by molar-refractivity contribution is 5.74. The van der Waals surface area contributed by atoms with E-state index in [0.29, 0.717) is 19.6 Å². The molecule has 0 atom stereocenters. The summed E-state index contributed by atoms with van der Waals surface area (Å²) >= 11 is 0. The van der Waals surface area contributed by atoms with Gasteiger partial charge >= 0.3 is 6.03 Å². The second-order valence-electron chi connectivity index (χ2n) is 6.75. The lowest BCUT2D eigenvalue weighted by Crippen LogP contribution is -2.51. The van der Waals surface area contributed by atoms with Crippen LogP contribution in [0.3, 0.4) is 0 Å². The maximum Gasteiger partial charge on any atom is 0.317 e. The first-order valence-electron chi connectivity index (χ1n) is 9.10. The van der Waals surface area contributed by atoms with Gasteiger partial charge in [0.05, 0.1) is 11.2 Å². The number of rotatable bonds is 4. The fourth-order valence-corrected chi connectivity index (χ4v) is 3.30. The monoisotopic (exact) mass is 367 g/mol. The van der Waals surface area contributed by atoms with Crippen molar-refractivity contribution in [2.45, 2.75) is 13.1 Å². The average molecular weight is 367 g/mol. The van der Waals surface area contributed by atoms with Gasteiger partial charge in [0.1, 0.15) is 5.82 Å². The largest absolute Gasteiger partial charge is 0.334 e. The highest BCUT2D eigenvalue weighted by Crippen LogP contribution is 2.11. The molecular weight excluding hydrogens is 345 g/mol. The molecule has 3 heterocycles. The molecule has 1 saturated heterocycles. The Morgan fingerprint density at radius 2 is 1.85 bits per heavy atom. The summed E-state index contributed by atoms with van der Waals surface area (Å²) in [4.78, 5) is 16.5. The number of nitrogens with zero attached hydrogens (tertiary/aromatic N) is 4. The van der Waals surface area contributed by atoms with Crippen molar-refractivity contribution < 1.29 is 9.18 Å². The zero-order valence-electron chi connectivity index (χ0n) is 15.0. The fraction of sp³-hybridized carbons (Fsp3) is 0.300. The van der Waals surface area contributed by atoms with E-state index in [1.165, 1.54) is 12.1 Å².